The second-order valence-corrected chi connectivity index (χ2v) is 5.15. The van der Waals surface area contributed by atoms with Gasteiger partial charge in [-0.15, -0.1) is 0 Å². The zero-order valence-electron chi connectivity index (χ0n) is 8.92. The molecule has 1 aromatic rings. The van der Waals surface area contributed by atoms with Gasteiger partial charge in [0.2, 0.25) is 0 Å². The first kappa shape index (κ1) is 11.7. The van der Waals surface area contributed by atoms with Gasteiger partial charge in [-0.05, 0) is 16.5 Å². The summed E-state index contributed by atoms with van der Waals surface area (Å²) in [5.41, 5.74) is 2.32. The lowest BCUT2D eigenvalue weighted by atomic mass is 9.82. The normalized spacial score (nSPS) is 14.1. The molecule has 2 heteroatoms. The predicted molar refractivity (Wildman–Crippen MR) is 63.9 cm³/mol. The summed E-state index contributed by atoms with van der Waals surface area (Å²) in [5, 5.41) is 10.4. The molecule has 1 aromatic carbocycles. The number of aliphatic hydroxyl groups is 1. The van der Waals surface area contributed by atoms with Crippen LogP contribution in [0.15, 0.2) is 24.3 Å². The van der Waals surface area contributed by atoms with Crippen molar-refractivity contribution < 1.29 is 5.11 Å². The monoisotopic (exact) mass is 256 g/mol. The van der Waals surface area contributed by atoms with Crippen molar-refractivity contribution in [2.75, 3.05) is 5.33 Å². The number of aliphatic hydroxyl groups excluding tert-OH is 1. The van der Waals surface area contributed by atoms with E-state index in [2.05, 4.69) is 42.8 Å². The van der Waals surface area contributed by atoms with Crippen LogP contribution in [-0.2, 0) is 5.41 Å². The Labute approximate surface area is 94.3 Å². The van der Waals surface area contributed by atoms with Gasteiger partial charge >= 0.3 is 0 Å². The van der Waals surface area contributed by atoms with Crippen molar-refractivity contribution in [1.29, 1.82) is 0 Å². The summed E-state index contributed by atoms with van der Waals surface area (Å²) in [6, 6.07) is 8.06. The number of hydrogen-bond donors (Lipinski definition) is 1. The summed E-state index contributed by atoms with van der Waals surface area (Å²) in [6.07, 6.45) is -0.412. The summed E-state index contributed by atoms with van der Waals surface area (Å²) in [6.45, 7) is 6.48. The highest BCUT2D eigenvalue weighted by atomic mass is 79.9. The van der Waals surface area contributed by atoms with Gasteiger partial charge in [0.1, 0.15) is 0 Å². The Morgan fingerprint density at radius 2 is 1.86 bits per heavy atom. The van der Waals surface area contributed by atoms with Gasteiger partial charge in [0.15, 0.2) is 0 Å². The van der Waals surface area contributed by atoms with Crippen LogP contribution in [-0.4, -0.2) is 10.4 Å². The standard InChI is InChI=1S/C12H17BrO/c1-12(2,3)10-7-5-4-6-9(10)11(14)8-13/h4-7,11,14H,8H2,1-3H3. The molecule has 0 radical (unpaired) electrons. The Morgan fingerprint density at radius 3 is 2.36 bits per heavy atom. The summed E-state index contributed by atoms with van der Waals surface area (Å²) in [5.74, 6) is 0. The van der Waals surface area contributed by atoms with Gasteiger partial charge in [0, 0.05) is 5.33 Å². The first-order valence-electron chi connectivity index (χ1n) is 4.80. The molecule has 0 saturated carbocycles. The van der Waals surface area contributed by atoms with E-state index < -0.39 is 6.10 Å². The average Bonchev–Trinajstić information content (AvgIpc) is 2.15. The van der Waals surface area contributed by atoms with Crippen molar-refractivity contribution in [3.05, 3.63) is 35.4 Å². The maximum atomic E-state index is 9.83. The molecule has 0 amide bonds. The summed E-state index contributed by atoms with van der Waals surface area (Å²) < 4.78 is 0. The third-order valence-corrected chi connectivity index (χ3v) is 2.89. The molecule has 0 heterocycles. The Morgan fingerprint density at radius 1 is 1.29 bits per heavy atom. The van der Waals surface area contributed by atoms with Crippen molar-refractivity contribution in [3.8, 4) is 0 Å². The third kappa shape index (κ3) is 2.58. The first-order chi connectivity index (χ1) is 6.46. The fourth-order valence-electron chi connectivity index (χ4n) is 1.55. The lowest BCUT2D eigenvalue weighted by Crippen LogP contribution is -2.16. The molecule has 1 atom stereocenters. The molecule has 1 unspecified atom stereocenters. The van der Waals surface area contributed by atoms with E-state index in [-0.39, 0.29) is 5.41 Å². The van der Waals surface area contributed by atoms with Crippen LogP contribution >= 0.6 is 15.9 Å². The number of alkyl halides is 1. The van der Waals surface area contributed by atoms with Crippen molar-refractivity contribution in [3.63, 3.8) is 0 Å². The quantitative estimate of drug-likeness (QED) is 0.805. The van der Waals surface area contributed by atoms with Crippen molar-refractivity contribution in [1.82, 2.24) is 0 Å². The molecule has 0 aliphatic rings. The zero-order valence-corrected chi connectivity index (χ0v) is 10.5. The van der Waals surface area contributed by atoms with Gasteiger partial charge in [-0.1, -0.05) is 61.0 Å². The highest BCUT2D eigenvalue weighted by molar-refractivity contribution is 9.09. The van der Waals surface area contributed by atoms with Crippen molar-refractivity contribution >= 4 is 15.9 Å². The second-order valence-electron chi connectivity index (χ2n) is 4.51. The molecule has 0 spiro atoms. The highest BCUT2D eigenvalue weighted by Gasteiger charge is 2.20. The zero-order chi connectivity index (χ0) is 10.8. The molecule has 1 rings (SSSR count). The van der Waals surface area contributed by atoms with Gasteiger partial charge in [-0.25, -0.2) is 0 Å². The molecule has 78 valence electrons. The number of rotatable bonds is 2. The van der Waals surface area contributed by atoms with Crippen LogP contribution in [0.3, 0.4) is 0 Å². The van der Waals surface area contributed by atoms with E-state index in [1.54, 1.807) is 0 Å². The molecule has 0 aromatic heterocycles. The molecule has 1 N–H and O–H groups in total. The van der Waals surface area contributed by atoms with Gasteiger partial charge < -0.3 is 5.11 Å². The molecule has 14 heavy (non-hydrogen) atoms. The Balaban J connectivity index is 3.16. The van der Waals surface area contributed by atoms with Gasteiger partial charge in [0.05, 0.1) is 6.10 Å². The van der Waals surface area contributed by atoms with Crippen LogP contribution in [0.2, 0.25) is 0 Å². The Bertz CT molecular complexity index is 301. The minimum Gasteiger partial charge on any atom is -0.388 e. The van der Waals surface area contributed by atoms with E-state index in [0.717, 1.165) is 5.56 Å². The molecule has 0 saturated heterocycles. The molecule has 0 fully saturated rings. The number of benzene rings is 1. The van der Waals surface area contributed by atoms with E-state index in [1.165, 1.54) is 5.56 Å². The third-order valence-electron chi connectivity index (χ3n) is 2.27. The fraction of sp³-hybridized carbons (Fsp3) is 0.500. The van der Waals surface area contributed by atoms with Crippen molar-refractivity contribution in [2.45, 2.75) is 32.3 Å². The second kappa shape index (κ2) is 4.45. The molecular formula is C12H17BrO. The maximum Gasteiger partial charge on any atom is 0.0889 e. The highest BCUT2D eigenvalue weighted by Crippen LogP contribution is 2.30. The number of hydrogen-bond acceptors (Lipinski definition) is 1. The first-order valence-corrected chi connectivity index (χ1v) is 5.92. The average molecular weight is 257 g/mol. The molecular weight excluding hydrogens is 240 g/mol. The van der Waals surface area contributed by atoms with Gasteiger partial charge in [0.25, 0.3) is 0 Å². The maximum absolute atomic E-state index is 9.83. The van der Waals surface area contributed by atoms with Crippen LogP contribution in [0.25, 0.3) is 0 Å². The Hall–Kier alpha value is -0.340. The Kier molecular flexibility index (Phi) is 3.73. The van der Waals surface area contributed by atoms with E-state index in [0.29, 0.717) is 5.33 Å². The molecule has 1 nitrogen and oxygen atoms in total. The van der Waals surface area contributed by atoms with E-state index in [1.807, 2.05) is 18.2 Å². The minimum absolute atomic E-state index is 0.0831. The molecule has 0 bridgehead atoms. The summed E-state index contributed by atoms with van der Waals surface area (Å²) >= 11 is 3.30. The lowest BCUT2D eigenvalue weighted by molar-refractivity contribution is 0.202. The van der Waals surface area contributed by atoms with Crippen LogP contribution in [0.4, 0.5) is 0 Å². The van der Waals surface area contributed by atoms with Crippen LogP contribution in [0, 0.1) is 0 Å². The fourth-order valence-corrected chi connectivity index (χ4v) is 1.90. The summed E-state index contributed by atoms with van der Waals surface area (Å²) in [7, 11) is 0. The van der Waals surface area contributed by atoms with Gasteiger partial charge in [-0.3, -0.25) is 0 Å². The van der Waals surface area contributed by atoms with E-state index >= 15 is 0 Å². The minimum atomic E-state index is -0.412. The molecule has 0 aliphatic heterocycles. The van der Waals surface area contributed by atoms with Crippen molar-refractivity contribution in [2.24, 2.45) is 0 Å². The largest absolute Gasteiger partial charge is 0.388 e. The SMILES string of the molecule is CC(C)(C)c1ccccc1C(O)CBr. The van der Waals surface area contributed by atoms with Crippen LogP contribution in [0.1, 0.15) is 38.0 Å². The van der Waals surface area contributed by atoms with Gasteiger partial charge in [-0.2, -0.15) is 0 Å². The lowest BCUT2D eigenvalue weighted by Gasteiger charge is -2.24. The van der Waals surface area contributed by atoms with E-state index in [9.17, 15) is 5.11 Å². The topological polar surface area (TPSA) is 20.2 Å². The van der Waals surface area contributed by atoms with Crippen LogP contribution < -0.4 is 0 Å². The van der Waals surface area contributed by atoms with Crippen LogP contribution in [0.5, 0.6) is 0 Å². The smallest absolute Gasteiger partial charge is 0.0889 e. The molecule has 0 aliphatic carbocycles. The summed E-state index contributed by atoms with van der Waals surface area (Å²) in [4.78, 5) is 0. The number of halogens is 1. The van der Waals surface area contributed by atoms with E-state index in [4.69, 9.17) is 0 Å². The predicted octanol–water partition coefficient (Wildman–Crippen LogP) is 3.41.